The zero-order chi connectivity index (χ0) is 15.6. The van der Waals surface area contributed by atoms with Crippen molar-refractivity contribution in [3.63, 3.8) is 0 Å². The fourth-order valence-corrected chi connectivity index (χ4v) is 4.29. The quantitative estimate of drug-likeness (QED) is 0.946. The van der Waals surface area contributed by atoms with Crippen LogP contribution >= 0.6 is 0 Å². The number of piperidine rings is 2. The van der Waals surface area contributed by atoms with Gasteiger partial charge in [-0.2, -0.15) is 5.10 Å². The van der Waals surface area contributed by atoms with Crippen molar-refractivity contribution in [1.82, 2.24) is 20.0 Å². The number of hydrogen-bond donors (Lipinski definition) is 1. The number of nitrogens with zero attached hydrogens (tertiary/aromatic N) is 3. The molecule has 4 rings (SSSR count). The van der Waals surface area contributed by atoms with Gasteiger partial charge >= 0.3 is 0 Å². The maximum Gasteiger partial charge on any atom is 0.0681 e. The van der Waals surface area contributed by atoms with E-state index in [2.05, 4.69) is 33.5 Å². The summed E-state index contributed by atoms with van der Waals surface area (Å²) in [6.07, 6.45) is 7.28. The van der Waals surface area contributed by atoms with Crippen molar-refractivity contribution in [3.8, 4) is 0 Å². The predicted octanol–water partition coefficient (Wildman–Crippen LogP) is 2.75. The molecule has 0 amide bonds. The van der Waals surface area contributed by atoms with Crippen LogP contribution in [0, 0.1) is 5.92 Å². The van der Waals surface area contributed by atoms with Gasteiger partial charge in [0.25, 0.3) is 0 Å². The molecule has 0 saturated carbocycles. The van der Waals surface area contributed by atoms with E-state index in [1.54, 1.807) is 0 Å². The van der Waals surface area contributed by atoms with Gasteiger partial charge in [0.15, 0.2) is 0 Å². The van der Waals surface area contributed by atoms with E-state index in [4.69, 9.17) is 0 Å². The molecule has 0 bridgehead atoms. The summed E-state index contributed by atoms with van der Waals surface area (Å²) in [6, 6.07) is 6.91. The van der Waals surface area contributed by atoms with Crippen LogP contribution in [0.15, 0.2) is 24.4 Å². The molecule has 3 heterocycles. The SMILES string of the molecule is Cn1ncc2ccc(C3CCN(CC4CCNCC4)CC3)cc21. The molecule has 4 nitrogen and oxygen atoms in total. The minimum Gasteiger partial charge on any atom is -0.317 e. The first kappa shape index (κ1) is 15.2. The Balaban J connectivity index is 1.37. The maximum absolute atomic E-state index is 4.36. The monoisotopic (exact) mass is 312 g/mol. The summed E-state index contributed by atoms with van der Waals surface area (Å²) >= 11 is 0. The van der Waals surface area contributed by atoms with Crippen LogP contribution in [-0.4, -0.2) is 47.4 Å². The molecule has 23 heavy (non-hydrogen) atoms. The van der Waals surface area contributed by atoms with Crippen molar-refractivity contribution < 1.29 is 0 Å². The Kier molecular flexibility index (Phi) is 4.36. The molecule has 2 fully saturated rings. The first-order valence-electron chi connectivity index (χ1n) is 9.14. The van der Waals surface area contributed by atoms with E-state index >= 15 is 0 Å². The van der Waals surface area contributed by atoms with E-state index in [0.29, 0.717) is 0 Å². The predicted molar refractivity (Wildman–Crippen MR) is 94.7 cm³/mol. The van der Waals surface area contributed by atoms with E-state index in [1.165, 1.54) is 74.9 Å². The van der Waals surface area contributed by atoms with Crippen LogP contribution in [0.4, 0.5) is 0 Å². The smallest absolute Gasteiger partial charge is 0.0681 e. The molecule has 2 aliphatic rings. The van der Waals surface area contributed by atoms with Crippen molar-refractivity contribution in [2.24, 2.45) is 13.0 Å². The third-order valence-corrected chi connectivity index (χ3v) is 5.81. The molecular weight excluding hydrogens is 284 g/mol. The van der Waals surface area contributed by atoms with Gasteiger partial charge in [0.2, 0.25) is 0 Å². The fraction of sp³-hybridized carbons (Fsp3) is 0.632. The Hall–Kier alpha value is -1.39. The number of nitrogens with one attached hydrogen (secondary N) is 1. The van der Waals surface area contributed by atoms with E-state index < -0.39 is 0 Å². The summed E-state index contributed by atoms with van der Waals surface area (Å²) in [4.78, 5) is 2.70. The molecule has 2 saturated heterocycles. The van der Waals surface area contributed by atoms with Crippen LogP contribution in [0.3, 0.4) is 0 Å². The van der Waals surface area contributed by atoms with Gasteiger partial charge in [-0.1, -0.05) is 12.1 Å². The van der Waals surface area contributed by atoms with E-state index in [9.17, 15) is 0 Å². The average Bonchev–Trinajstić information content (AvgIpc) is 2.97. The lowest BCUT2D eigenvalue weighted by molar-refractivity contribution is 0.167. The second kappa shape index (κ2) is 6.62. The van der Waals surface area contributed by atoms with Crippen LogP contribution in [-0.2, 0) is 7.05 Å². The number of benzene rings is 1. The van der Waals surface area contributed by atoms with E-state index in [0.717, 1.165) is 11.8 Å². The molecule has 1 N–H and O–H groups in total. The number of aromatic nitrogens is 2. The molecular formula is C19H28N4. The van der Waals surface area contributed by atoms with Crippen LogP contribution in [0.1, 0.15) is 37.2 Å². The molecule has 2 aromatic rings. The van der Waals surface area contributed by atoms with Crippen LogP contribution < -0.4 is 5.32 Å². The Morgan fingerprint density at radius 1 is 1.13 bits per heavy atom. The number of hydrogen-bond acceptors (Lipinski definition) is 3. The van der Waals surface area contributed by atoms with Gasteiger partial charge in [0.05, 0.1) is 11.7 Å². The second-order valence-corrected chi connectivity index (χ2v) is 7.35. The number of likely N-dealkylation sites (tertiary alicyclic amines) is 1. The van der Waals surface area contributed by atoms with Crippen LogP contribution in [0.2, 0.25) is 0 Å². The summed E-state index contributed by atoms with van der Waals surface area (Å²) in [5, 5.41) is 9.08. The molecule has 124 valence electrons. The minimum atomic E-state index is 0.721. The van der Waals surface area contributed by atoms with Gasteiger partial charge in [-0.05, 0) is 75.3 Å². The molecule has 2 aliphatic heterocycles. The lowest BCUT2D eigenvalue weighted by atomic mass is 9.88. The highest BCUT2D eigenvalue weighted by Gasteiger charge is 2.23. The molecule has 0 unspecified atom stereocenters. The van der Waals surface area contributed by atoms with Crippen LogP contribution in [0.5, 0.6) is 0 Å². The third-order valence-electron chi connectivity index (χ3n) is 5.81. The van der Waals surface area contributed by atoms with E-state index in [-0.39, 0.29) is 0 Å². The molecule has 1 aromatic carbocycles. The largest absolute Gasteiger partial charge is 0.317 e. The topological polar surface area (TPSA) is 33.1 Å². The molecule has 1 aromatic heterocycles. The van der Waals surface area contributed by atoms with Gasteiger partial charge in [0, 0.05) is 19.0 Å². The Morgan fingerprint density at radius 2 is 1.91 bits per heavy atom. The van der Waals surface area contributed by atoms with Crippen molar-refractivity contribution >= 4 is 10.9 Å². The molecule has 4 heteroatoms. The van der Waals surface area contributed by atoms with E-state index in [1.807, 2.05) is 17.9 Å². The van der Waals surface area contributed by atoms with Gasteiger partial charge in [-0.15, -0.1) is 0 Å². The van der Waals surface area contributed by atoms with Crippen molar-refractivity contribution in [2.45, 2.75) is 31.6 Å². The number of aryl methyl sites for hydroxylation is 1. The summed E-state index contributed by atoms with van der Waals surface area (Å²) in [5.74, 6) is 1.64. The van der Waals surface area contributed by atoms with Gasteiger partial charge < -0.3 is 10.2 Å². The zero-order valence-corrected chi connectivity index (χ0v) is 14.2. The Labute approximate surface area is 138 Å². The van der Waals surface area contributed by atoms with Crippen molar-refractivity contribution in [2.75, 3.05) is 32.7 Å². The standard InChI is InChI=1S/C19H28N4/c1-22-19-12-17(2-3-18(19)13-21-22)16-6-10-23(11-7-16)14-15-4-8-20-9-5-15/h2-3,12-13,15-16,20H,4-11,14H2,1H3. The fourth-order valence-electron chi connectivity index (χ4n) is 4.29. The number of fused-ring (bicyclic) bond motifs is 1. The van der Waals surface area contributed by atoms with Gasteiger partial charge in [-0.25, -0.2) is 0 Å². The Morgan fingerprint density at radius 3 is 2.70 bits per heavy atom. The highest BCUT2D eigenvalue weighted by atomic mass is 15.2. The van der Waals surface area contributed by atoms with Crippen molar-refractivity contribution in [3.05, 3.63) is 30.0 Å². The lowest BCUT2D eigenvalue weighted by Crippen LogP contribution is -2.39. The maximum atomic E-state index is 4.36. The zero-order valence-electron chi connectivity index (χ0n) is 14.2. The van der Waals surface area contributed by atoms with Gasteiger partial charge in [0.1, 0.15) is 0 Å². The number of rotatable bonds is 3. The van der Waals surface area contributed by atoms with Gasteiger partial charge in [-0.3, -0.25) is 4.68 Å². The normalized spacial score (nSPS) is 22.0. The Bertz CT molecular complexity index is 648. The minimum absolute atomic E-state index is 0.721. The molecule has 0 aliphatic carbocycles. The van der Waals surface area contributed by atoms with Crippen molar-refractivity contribution in [1.29, 1.82) is 0 Å². The highest BCUT2D eigenvalue weighted by molar-refractivity contribution is 5.79. The highest BCUT2D eigenvalue weighted by Crippen LogP contribution is 2.30. The third kappa shape index (κ3) is 3.29. The molecule has 0 spiro atoms. The first-order chi connectivity index (χ1) is 11.3. The molecule has 0 radical (unpaired) electrons. The molecule has 0 atom stereocenters. The first-order valence-corrected chi connectivity index (χ1v) is 9.14. The summed E-state index contributed by atoms with van der Waals surface area (Å²) < 4.78 is 1.99. The van der Waals surface area contributed by atoms with Crippen LogP contribution in [0.25, 0.3) is 10.9 Å². The summed E-state index contributed by atoms with van der Waals surface area (Å²) in [7, 11) is 2.04. The lowest BCUT2D eigenvalue weighted by Gasteiger charge is -2.35. The summed E-state index contributed by atoms with van der Waals surface area (Å²) in [5.41, 5.74) is 2.77. The second-order valence-electron chi connectivity index (χ2n) is 7.35. The summed E-state index contributed by atoms with van der Waals surface area (Å²) in [6.45, 7) is 6.27. The average molecular weight is 312 g/mol.